The second-order valence-electron chi connectivity index (χ2n) is 8.48. The molecule has 5 N–H and O–H groups in total. The van der Waals surface area contributed by atoms with Crippen molar-refractivity contribution < 1.29 is 39.5 Å². The van der Waals surface area contributed by atoms with Crippen molar-refractivity contribution in [2.45, 2.75) is 114 Å². The quantitative estimate of drug-likeness (QED) is 0.120. The molecule has 194 valence electrons. The van der Waals surface area contributed by atoms with Crippen LogP contribution < -0.4 is 0 Å². The van der Waals surface area contributed by atoms with Crippen LogP contribution in [0.3, 0.4) is 0 Å². The second kappa shape index (κ2) is 18.1. The van der Waals surface area contributed by atoms with Crippen LogP contribution in [-0.2, 0) is 14.3 Å². The molecule has 0 aromatic carbocycles. The highest BCUT2D eigenvalue weighted by Crippen LogP contribution is 2.17. The van der Waals surface area contributed by atoms with Crippen molar-refractivity contribution >= 4 is 10.1 Å². The molecule has 0 saturated heterocycles. The molecule has 32 heavy (non-hydrogen) atoms. The lowest BCUT2D eigenvalue weighted by Gasteiger charge is -2.31. The van der Waals surface area contributed by atoms with Crippen LogP contribution in [0.4, 0.5) is 0 Å². The Morgan fingerprint density at radius 3 is 1.88 bits per heavy atom. The van der Waals surface area contributed by atoms with Gasteiger partial charge in [-0.2, -0.15) is 8.42 Å². The zero-order valence-electron chi connectivity index (χ0n) is 20.8. The summed E-state index contributed by atoms with van der Waals surface area (Å²) in [5.41, 5.74) is -1.81. The average molecular weight is 487 g/mol. The molecule has 0 aliphatic carbocycles. The van der Waals surface area contributed by atoms with Crippen molar-refractivity contribution in [1.82, 2.24) is 4.90 Å². The van der Waals surface area contributed by atoms with Crippen LogP contribution in [-0.4, -0.2) is 95.4 Å². The fraction of sp³-hybridized carbons (Fsp3) is 1.00. The molecule has 0 saturated carbocycles. The summed E-state index contributed by atoms with van der Waals surface area (Å²) >= 11 is 0. The maximum absolute atomic E-state index is 12.2. The monoisotopic (exact) mass is 486 g/mol. The first-order valence-electron chi connectivity index (χ1n) is 12.6. The molecule has 0 fully saturated rings. The van der Waals surface area contributed by atoms with Crippen LogP contribution in [0.2, 0.25) is 0 Å². The molecule has 0 aliphatic heterocycles. The van der Waals surface area contributed by atoms with Gasteiger partial charge >= 0.3 is 0 Å². The minimum absolute atomic E-state index is 0.131. The van der Waals surface area contributed by atoms with Crippen molar-refractivity contribution in [3.05, 3.63) is 0 Å². The summed E-state index contributed by atoms with van der Waals surface area (Å²) in [6.07, 6.45) is 4.43. The third-order valence-corrected chi connectivity index (χ3v) is 7.03. The summed E-state index contributed by atoms with van der Waals surface area (Å²) in [7, 11) is -4.65. The predicted octanol–water partition coefficient (Wildman–Crippen LogP) is 1.36. The molecule has 0 amide bonds. The van der Waals surface area contributed by atoms with E-state index in [1.54, 1.807) is 4.90 Å². The molecule has 0 aromatic heterocycles. The molecule has 5 atom stereocenters. The smallest absolute Gasteiger partial charge is 0.294 e. The Balaban J connectivity index is 4.76. The van der Waals surface area contributed by atoms with Gasteiger partial charge < -0.3 is 30.4 Å². The van der Waals surface area contributed by atoms with E-state index in [1.165, 1.54) is 45.4 Å². The molecule has 0 aromatic rings. The highest BCUT2D eigenvalue weighted by atomic mass is 32.2. The number of rotatable bonds is 21. The highest BCUT2D eigenvalue weighted by molar-refractivity contribution is 7.87. The topological polar surface area (TPSA) is 148 Å². The minimum Gasteiger partial charge on any atom is -0.394 e. The molecule has 9 nitrogen and oxygen atoms in total. The molecule has 1 unspecified atom stereocenters. The maximum Gasteiger partial charge on any atom is 0.294 e. The predicted molar refractivity (Wildman–Crippen MR) is 125 cm³/mol. The first-order valence-corrected chi connectivity index (χ1v) is 13.4. The van der Waals surface area contributed by atoms with Gasteiger partial charge in [0.2, 0.25) is 0 Å². The van der Waals surface area contributed by atoms with Gasteiger partial charge in [-0.1, -0.05) is 71.6 Å². The van der Waals surface area contributed by atoms with Crippen LogP contribution in [0.15, 0.2) is 0 Å². The van der Waals surface area contributed by atoms with E-state index < -0.39 is 46.6 Å². The van der Waals surface area contributed by atoms with Gasteiger partial charge in [0, 0.05) is 7.92 Å². The fourth-order valence-corrected chi connectivity index (χ4v) is 4.42. The van der Waals surface area contributed by atoms with Crippen molar-refractivity contribution in [2.24, 2.45) is 0 Å². The Kier molecular flexibility index (Phi) is 16.8. The number of hydrogen-bond donors (Lipinski definition) is 5. The van der Waals surface area contributed by atoms with Crippen molar-refractivity contribution in [2.75, 3.05) is 26.7 Å². The molecule has 0 heterocycles. The lowest BCUT2D eigenvalue weighted by molar-refractivity contribution is -0.112. The second-order valence-corrected chi connectivity index (χ2v) is 10.2. The SMILES string of the molecule is [2H]CN(CCCCCCCCCCCC)C[C@H](OS(=O)(=O)C(O)CC)[C@@H](O)[C@H](O)[C@H](O)CO. The molecule has 0 radical (unpaired) electrons. The molecule has 0 rings (SSSR count). The lowest BCUT2D eigenvalue weighted by Crippen LogP contribution is -2.51. The fourth-order valence-electron chi connectivity index (χ4n) is 3.36. The Morgan fingerprint density at radius 1 is 0.875 bits per heavy atom. The molecule has 0 bridgehead atoms. The van der Waals surface area contributed by atoms with E-state index in [1.807, 2.05) is 0 Å². The summed E-state index contributed by atoms with van der Waals surface area (Å²) in [5.74, 6) is 0. The van der Waals surface area contributed by atoms with Gasteiger partial charge in [0.25, 0.3) is 10.1 Å². The van der Waals surface area contributed by atoms with E-state index in [9.17, 15) is 28.8 Å². The van der Waals surface area contributed by atoms with E-state index in [4.69, 9.17) is 10.7 Å². The summed E-state index contributed by atoms with van der Waals surface area (Å²) in [6.45, 7) is 3.08. The highest BCUT2D eigenvalue weighted by Gasteiger charge is 2.37. The van der Waals surface area contributed by atoms with Crippen molar-refractivity contribution in [1.29, 1.82) is 0 Å². The van der Waals surface area contributed by atoms with Crippen LogP contribution in [0.5, 0.6) is 0 Å². The summed E-state index contributed by atoms with van der Waals surface area (Å²) in [4.78, 5) is 1.57. The first-order chi connectivity index (χ1) is 15.6. The minimum atomic E-state index is -4.47. The van der Waals surface area contributed by atoms with E-state index in [0.29, 0.717) is 6.54 Å². The largest absolute Gasteiger partial charge is 0.394 e. The van der Waals surface area contributed by atoms with Crippen molar-refractivity contribution in [3.8, 4) is 0 Å². The summed E-state index contributed by atoms with van der Waals surface area (Å²) in [5, 5.41) is 48.8. The molecule has 0 spiro atoms. The average Bonchev–Trinajstić information content (AvgIpc) is 2.81. The zero-order chi connectivity index (χ0) is 25.3. The van der Waals surface area contributed by atoms with Crippen LogP contribution in [0, 0.1) is 0 Å². The Hall–Kier alpha value is -0.330. The van der Waals surface area contributed by atoms with E-state index in [-0.39, 0.29) is 20.0 Å². The molecule has 0 aliphatic rings. The van der Waals surface area contributed by atoms with Crippen LogP contribution >= 0.6 is 0 Å². The lowest BCUT2D eigenvalue weighted by atomic mass is 10.0. The first kappa shape index (κ1) is 29.7. The summed E-state index contributed by atoms with van der Waals surface area (Å²) in [6, 6.07) is 0. The van der Waals surface area contributed by atoms with Crippen molar-refractivity contribution in [3.63, 3.8) is 0 Å². The van der Waals surface area contributed by atoms with Gasteiger partial charge in [-0.05, 0) is 26.4 Å². The number of nitrogens with zero attached hydrogens (tertiary/aromatic N) is 1. The van der Waals surface area contributed by atoms with E-state index in [2.05, 4.69) is 6.92 Å². The van der Waals surface area contributed by atoms with Crippen LogP contribution in [0.1, 0.15) is 85.8 Å². The Labute approximate surface area is 195 Å². The molecular weight excluding hydrogens is 438 g/mol. The number of aliphatic hydroxyl groups is 5. The van der Waals surface area contributed by atoms with Gasteiger partial charge in [0.15, 0.2) is 5.44 Å². The van der Waals surface area contributed by atoms with Gasteiger partial charge in [-0.15, -0.1) is 0 Å². The van der Waals surface area contributed by atoms with Crippen LogP contribution in [0.25, 0.3) is 0 Å². The summed E-state index contributed by atoms with van der Waals surface area (Å²) < 4.78 is 37.2. The number of likely N-dealkylation sites (N-methyl/N-ethyl adjacent to an activating group) is 1. The maximum atomic E-state index is 12.2. The molecule has 10 heteroatoms. The van der Waals surface area contributed by atoms with Gasteiger partial charge in [-0.3, -0.25) is 4.18 Å². The number of unbranched alkanes of at least 4 members (excludes halogenated alkanes) is 9. The van der Waals surface area contributed by atoms with Gasteiger partial charge in [-0.25, -0.2) is 0 Å². The number of aliphatic hydroxyl groups excluding tert-OH is 5. The standard InChI is InChI=1S/C22H47NO8S/c1-4-6-7-8-9-10-11-12-13-14-15-23(3)16-19(22(28)21(27)18(25)17-24)31-32(29,30)20(26)5-2/h18-22,24-28H,4-17H2,1-3H3/t18-,19+,20?,21-,22-/m1/s1/i3D. The van der Waals surface area contributed by atoms with E-state index >= 15 is 0 Å². The molecular formula is C22H47NO8S. The van der Waals surface area contributed by atoms with Gasteiger partial charge in [0.1, 0.15) is 24.4 Å². The van der Waals surface area contributed by atoms with Gasteiger partial charge in [0.05, 0.1) is 6.61 Å². The normalized spacial score (nSPS) is 17.7. The Bertz CT molecular complexity index is 569. The number of hydrogen-bond acceptors (Lipinski definition) is 9. The Morgan fingerprint density at radius 2 is 1.41 bits per heavy atom. The third-order valence-electron chi connectivity index (χ3n) is 5.52. The zero-order valence-corrected chi connectivity index (χ0v) is 20.6. The third kappa shape index (κ3) is 13.4. The van der Waals surface area contributed by atoms with E-state index in [0.717, 1.165) is 25.7 Å².